The summed E-state index contributed by atoms with van der Waals surface area (Å²) < 4.78 is 44.1. The van der Waals surface area contributed by atoms with Crippen molar-refractivity contribution in [2.24, 2.45) is 5.41 Å². The minimum absolute atomic E-state index is 0.0492. The first-order valence-corrected chi connectivity index (χ1v) is 7.31. The molecule has 1 heterocycles. The quantitative estimate of drug-likeness (QED) is 0.900. The van der Waals surface area contributed by atoms with Crippen molar-refractivity contribution in [2.75, 3.05) is 0 Å². The number of hydrogen-bond donors (Lipinski definition) is 2. The number of rotatable bonds is 3. The van der Waals surface area contributed by atoms with Crippen LogP contribution in [0.15, 0.2) is 10.7 Å². The molecule has 0 aromatic carbocycles. The predicted molar refractivity (Wildman–Crippen MR) is 71.3 cm³/mol. The number of amides is 1. The zero-order chi connectivity index (χ0) is 16.3. The molecule has 22 heavy (non-hydrogen) atoms. The lowest BCUT2D eigenvalue weighted by atomic mass is 9.78. The molecule has 1 unspecified atom stereocenters. The van der Waals surface area contributed by atoms with Gasteiger partial charge in [-0.3, -0.25) is 4.79 Å². The van der Waals surface area contributed by atoms with Crippen LogP contribution in [-0.2, 0) is 6.18 Å². The molecule has 1 aromatic rings. The molecule has 3 rings (SSSR count). The molecule has 2 N–H and O–H groups in total. The summed E-state index contributed by atoms with van der Waals surface area (Å²) in [5.41, 5.74) is -1.55. The maximum absolute atomic E-state index is 13.0. The van der Waals surface area contributed by atoms with E-state index < -0.39 is 23.2 Å². The van der Waals surface area contributed by atoms with E-state index in [1.807, 2.05) is 0 Å². The van der Waals surface area contributed by atoms with E-state index in [-0.39, 0.29) is 29.2 Å². The molecule has 7 heteroatoms. The number of hydrogen-bond acceptors (Lipinski definition) is 3. The Labute approximate surface area is 125 Å². The largest absolute Gasteiger partial charge is 0.468 e. The Morgan fingerprint density at radius 2 is 2.05 bits per heavy atom. The van der Waals surface area contributed by atoms with Crippen LogP contribution in [0.5, 0.6) is 0 Å². The Morgan fingerprint density at radius 3 is 2.55 bits per heavy atom. The van der Waals surface area contributed by atoms with Crippen molar-refractivity contribution in [2.45, 2.75) is 57.3 Å². The number of halogens is 3. The number of furan rings is 1. The van der Waals surface area contributed by atoms with Crippen molar-refractivity contribution < 1.29 is 27.5 Å². The molecule has 0 radical (unpaired) electrons. The normalized spacial score (nSPS) is 30.5. The van der Waals surface area contributed by atoms with Crippen molar-refractivity contribution >= 4 is 5.91 Å². The minimum Gasteiger partial charge on any atom is -0.468 e. The standard InChI is InChI=1S/C15H18F3NO3/c1-7(2)12-11(9(6-22-12)15(16,17)18)13(21)19-10-5-14(10)3-8(20)4-14/h6-8,10,20H,3-5H2,1-2H3,(H,19,21). The summed E-state index contributed by atoms with van der Waals surface area (Å²) >= 11 is 0. The van der Waals surface area contributed by atoms with Crippen LogP contribution in [0.25, 0.3) is 0 Å². The number of aliphatic hydroxyl groups is 1. The van der Waals surface area contributed by atoms with Crippen LogP contribution in [0.2, 0.25) is 0 Å². The number of nitrogens with one attached hydrogen (secondary N) is 1. The summed E-state index contributed by atoms with van der Waals surface area (Å²) in [6.07, 6.45) is -2.45. The zero-order valence-electron chi connectivity index (χ0n) is 12.3. The van der Waals surface area contributed by atoms with Crippen LogP contribution < -0.4 is 5.32 Å². The van der Waals surface area contributed by atoms with E-state index >= 15 is 0 Å². The van der Waals surface area contributed by atoms with Crippen molar-refractivity contribution in [1.82, 2.24) is 5.32 Å². The van der Waals surface area contributed by atoms with Gasteiger partial charge in [0, 0.05) is 12.0 Å². The van der Waals surface area contributed by atoms with E-state index in [1.54, 1.807) is 13.8 Å². The summed E-state index contributed by atoms with van der Waals surface area (Å²) in [7, 11) is 0. The van der Waals surface area contributed by atoms with E-state index in [2.05, 4.69) is 5.32 Å². The molecule has 1 spiro atoms. The number of carbonyl (C=O) groups excluding carboxylic acids is 1. The predicted octanol–water partition coefficient (Wildman–Crippen LogP) is 3.07. The monoisotopic (exact) mass is 317 g/mol. The summed E-state index contributed by atoms with van der Waals surface area (Å²) in [5.74, 6) is -1.02. The maximum Gasteiger partial charge on any atom is 0.420 e. The number of aliphatic hydroxyl groups excluding tert-OH is 1. The van der Waals surface area contributed by atoms with Gasteiger partial charge < -0.3 is 14.8 Å². The van der Waals surface area contributed by atoms with Gasteiger partial charge in [0.15, 0.2) is 0 Å². The van der Waals surface area contributed by atoms with Gasteiger partial charge in [-0.25, -0.2) is 0 Å². The smallest absolute Gasteiger partial charge is 0.420 e. The Hall–Kier alpha value is -1.50. The van der Waals surface area contributed by atoms with Crippen molar-refractivity contribution in [3.63, 3.8) is 0 Å². The highest BCUT2D eigenvalue weighted by atomic mass is 19.4. The van der Waals surface area contributed by atoms with Crippen LogP contribution in [0.3, 0.4) is 0 Å². The van der Waals surface area contributed by atoms with Gasteiger partial charge in [0.25, 0.3) is 5.91 Å². The third kappa shape index (κ3) is 2.41. The van der Waals surface area contributed by atoms with Crippen LogP contribution in [0.4, 0.5) is 13.2 Å². The van der Waals surface area contributed by atoms with E-state index in [9.17, 15) is 23.1 Å². The van der Waals surface area contributed by atoms with Gasteiger partial charge in [0.2, 0.25) is 0 Å². The first-order chi connectivity index (χ1) is 10.1. The highest BCUT2D eigenvalue weighted by Crippen LogP contribution is 2.60. The number of carbonyl (C=O) groups is 1. The van der Waals surface area contributed by atoms with E-state index in [4.69, 9.17) is 4.42 Å². The van der Waals surface area contributed by atoms with Gasteiger partial charge in [0.05, 0.1) is 11.7 Å². The lowest BCUT2D eigenvalue weighted by molar-refractivity contribution is -0.138. The molecule has 2 saturated carbocycles. The molecule has 0 bridgehead atoms. The topological polar surface area (TPSA) is 62.5 Å². The molecule has 1 atom stereocenters. The molecule has 0 saturated heterocycles. The zero-order valence-corrected chi connectivity index (χ0v) is 12.3. The average molecular weight is 317 g/mol. The molecule has 2 aliphatic carbocycles. The molecule has 0 aliphatic heterocycles. The molecular weight excluding hydrogens is 299 g/mol. The van der Waals surface area contributed by atoms with E-state index in [0.29, 0.717) is 25.5 Å². The van der Waals surface area contributed by atoms with Gasteiger partial charge in [-0.05, 0) is 24.7 Å². The number of alkyl halides is 3. The maximum atomic E-state index is 13.0. The van der Waals surface area contributed by atoms with Crippen LogP contribution in [-0.4, -0.2) is 23.2 Å². The van der Waals surface area contributed by atoms with Gasteiger partial charge >= 0.3 is 6.18 Å². The SMILES string of the molecule is CC(C)c1occ(C(F)(F)F)c1C(=O)NC1CC12CC(O)C2. The second-order valence-electron chi connectivity index (χ2n) is 6.70. The first-order valence-electron chi connectivity index (χ1n) is 7.31. The fraction of sp³-hybridized carbons (Fsp3) is 0.667. The van der Waals surface area contributed by atoms with Gasteiger partial charge in [-0.2, -0.15) is 13.2 Å². The highest BCUT2D eigenvalue weighted by Gasteiger charge is 2.62. The fourth-order valence-corrected chi connectivity index (χ4v) is 3.35. The molecular formula is C15H18F3NO3. The summed E-state index contributed by atoms with van der Waals surface area (Å²) in [6.45, 7) is 3.35. The first kappa shape index (κ1) is 15.4. The molecule has 1 amide bonds. The van der Waals surface area contributed by atoms with E-state index in [1.165, 1.54) is 0 Å². The molecule has 1 aromatic heterocycles. The van der Waals surface area contributed by atoms with Crippen molar-refractivity contribution in [3.8, 4) is 0 Å². The molecule has 122 valence electrons. The van der Waals surface area contributed by atoms with Gasteiger partial charge in [0.1, 0.15) is 17.6 Å². The fourth-order valence-electron chi connectivity index (χ4n) is 3.35. The molecule has 4 nitrogen and oxygen atoms in total. The third-order valence-corrected chi connectivity index (χ3v) is 4.66. The Kier molecular flexibility index (Phi) is 3.32. The third-order valence-electron chi connectivity index (χ3n) is 4.66. The summed E-state index contributed by atoms with van der Waals surface area (Å²) in [5, 5.41) is 12.0. The lowest BCUT2D eigenvalue weighted by Gasteiger charge is -2.32. The van der Waals surface area contributed by atoms with Crippen LogP contribution in [0, 0.1) is 5.41 Å². The molecule has 2 fully saturated rings. The van der Waals surface area contributed by atoms with Crippen LogP contribution in [0.1, 0.15) is 60.7 Å². The minimum atomic E-state index is -4.63. The lowest BCUT2D eigenvalue weighted by Crippen LogP contribution is -2.39. The summed E-state index contributed by atoms with van der Waals surface area (Å²) in [6, 6.07) is -0.153. The van der Waals surface area contributed by atoms with Gasteiger partial charge in [-0.1, -0.05) is 13.8 Å². The van der Waals surface area contributed by atoms with Crippen molar-refractivity contribution in [1.29, 1.82) is 0 Å². The van der Waals surface area contributed by atoms with Crippen LogP contribution >= 0.6 is 0 Å². The molecule has 2 aliphatic rings. The van der Waals surface area contributed by atoms with E-state index in [0.717, 1.165) is 0 Å². The van der Waals surface area contributed by atoms with Gasteiger partial charge in [-0.15, -0.1) is 0 Å². The van der Waals surface area contributed by atoms with Crippen molar-refractivity contribution in [3.05, 3.63) is 23.2 Å². The highest BCUT2D eigenvalue weighted by molar-refractivity contribution is 5.97. The second-order valence-corrected chi connectivity index (χ2v) is 6.70. The Morgan fingerprint density at radius 1 is 1.41 bits per heavy atom. The average Bonchev–Trinajstić information content (AvgIpc) is 2.87. The Balaban J connectivity index is 1.81. The Bertz CT molecular complexity index is 600. The second kappa shape index (κ2) is 4.75. The summed E-state index contributed by atoms with van der Waals surface area (Å²) in [4.78, 5) is 12.3.